The van der Waals surface area contributed by atoms with Crippen molar-refractivity contribution in [3.8, 4) is 0 Å². The number of amides is 2. The summed E-state index contributed by atoms with van der Waals surface area (Å²) in [6, 6.07) is 2.34. The molecule has 0 aliphatic heterocycles. The van der Waals surface area contributed by atoms with Crippen LogP contribution in [-0.4, -0.2) is 34.5 Å². The van der Waals surface area contributed by atoms with E-state index in [4.69, 9.17) is 5.11 Å². The Morgan fingerprint density at radius 1 is 1.35 bits per heavy atom. The number of nitrogens with zero attached hydrogens (tertiary/aromatic N) is 1. The van der Waals surface area contributed by atoms with E-state index in [1.807, 2.05) is 0 Å². The monoisotopic (exact) mass is 240 g/mol. The molecule has 17 heavy (non-hydrogen) atoms. The molecule has 0 aromatic carbocycles. The van der Waals surface area contributed by atoms with Crippen LogP contribution in [0.3, 0.4) is 0 Å². The van der Waals surface area contributed by atoms with Crippen molar-refractivity contribution in [3.05, 3.63) is 22.5 Å². The van der Waals surface area contributed by atoms with Gasteiger partial charge in [-0.15, -0.1) is 0 Å². The third kappa shape index (κ3) is 5.67. The number of unbranched alkanes of at least 4 members (excludes halogenated alkanes) is 2. The smallest absolute Gasteiger partial charge is 0.320 e. The van der Waals surface area contributed by atoms with E-state index in [2.05, 4.69) is 20.8 Å². The molecule has 0 saturated carbocycles. The van der Waals surface area contributed by atoms with Crippen molar-refractivity contribution in [3.63, 3.8) is 0 Å². The molecular weight excluding hydrogens is 224 g/mol. The highest BCUT2D eigenvalue weighted by Crippen LogP contribution is 1.96. The number of aromatic nitrogens is 2. The molecule has 0 aliphatic rings. The van der Waals surface area contributed by atoms with E-state index in [1.165, 1.54) is 12.1 Å². The Kier molecular flexibility index (Phi) is 5.73. The highest BCUT2D eigenvalue weighted by Gasteiger charge is 2.01. The highest BCUT2D eigenvalue weighted by atomic mass is 16.3. The maximum absolute atomic E-state index is 11.3. The first-order chi connectivity index (χ1) is 8.22. The number of rotatable bonds is 6. The molecular formula is C10H16N4O3. The fraction of sp³-hybridized carbons (Fsp3) is 0.500. The minimum absolute atomic E-state index is 0.174. The third-order valence-corrected chi connectivity index (χ3v) is 2.04. The molecule has 0 unspecified atom stereocenters. The normalized spacial score (nSPS) is 9.94. The zero-order valence-corrected chi connectivity index (χ0v) is 9.40. The molecule has 2 amide bonds. The SMILES string of the molecule is O=C(NCCCCCO)Nc1ccc(=O)[nH]n1. The summed E-state index contributed by atoms with van der Waals surface area (Å²) in [4.78, 5) is 22.0. The van der Waals surface area contributed by atoms with E-state index < -0.39 is 0 Å². The van der Waals surface area contributed by atoms with Crippen molar-refractivity contribution in [2.45, 2.75) is 19.3 Å². The molecule has 1 rings (SSSR count). The number of anilines is 1. The summed E-state index contributed by atoms with van der Waals surface area (Å²) in [5, 5.41) is 19.5. The van der Waals surface area contributed by atoms with Gasteiger partial charge in [-0.3, -0.25) is 10.1 Å². The number of nitrogens with one attached hydrogen (secondary N) is 3. The van der Waals surface area contributed by atoms with Gasteiger partial charge >= 0.3 is 6.03 Å². The molecule has 1 aromatic heterocycles. The van der Waals surface area contributed by atoms with Gasteiger partial charge in [0.2, 0.25) is 0 Å². The van der Waals surface area contributed by atoms with Crippen LogP contribution in [0.2, 0.25) is 0 Å². The van der Waals surface area contributed by atoms with Crippen molar-refractivity contribution in [2.75, 3.05) is 18.5 Å². The molecule has 1 aromatic rings. The second-order valence-electron chi connectivity index (χ2n) is 3.47. The molecule has 0 bridgehead atoms. The summed E-state index contributed by atoms with van der Waals surface area (Å²) in [6.45, 7) is 0.711. The fourth-order valence-electron chi connectivity index (χ4n) is 1.19. The van der Waals surface area contributed by atoms with Crippen molar-refractivity contribution < 1.29 is 9.90 Å². The molecule has 94 valence electrons. The van der Waals surface area contributed by atoms with Crippen molar-refractivity contribution in [1.29, 1.82) is 0 Å². The molecule has 0 saturated heterocycles. The first kappa shape index (κ1) is 13.2. The second-order valence-corrected chi connectivity index (χ2v) is 3.47. The van der Waals surface area contributed by atoms with E-state index in [0.29, 0.717) is 6.54 Å². The Bertz CT molecular complexity index is 384. The molecule has 0 spiro atoms. The van der Waals surface area contributed by atoms with Crippen molar-refractivity contribution >= 4 is 11.8 Å². The number of aromatic amines is 1. The Hall–Kier alpha value is -1.89. The summed E-state index contributed by atoms with van der Waals surface area (Å²) in [6.07, 6.45) is 2.42. The molecule has 0 fully saturated rings. The lowest BCUT2D eigenvalue weighted by atomic mass is 10.2. The van der Waals surface area contributed by atoms with Crippen molar-refractivity contribution in [1.82, 2.24) is 15.5 Å². The Morgan fingerprint density at radius 3 is 2.82 bits per heavy atom. The number of hydrogen-bond donors (Lipinski definition) is 4. The third-order valence-electron chi connectivity index (χ3n) is 2.04. The molecule has 0 atom stereocenters. The number of aliphatic hydroxyl groups excluding tert-OH is 1. The van der Waals surface area contributed by atoms with Crippen LogP contribution < -0.4 is 16.2 Å². The number of carbonyl (C=O) groups is 1. The standard InChI is InChI=1S/C10H16N4O3/c15-7-3-1-2-6-11-10(17)12-8-4-5-9(16)14-13-8/h4-5,15H,1-3,6-7H2,(H,14,16)(H2,11,12,13,17). The maximum Gasteiger partial charge on any atom is 0.320 e. The lowest BCUT2D eigenvalue weighted by Crippen LogP contribution is -2.30. The lowest BCUT2D eigenvalue weighted by molar-refractivity contribution is 0.251. The van der Waals surface area contributed by atoms with Crippen LogP contribution in [0.5, 0.6) is 0 Å². The average Bonchev–Trinajstić information content (AvgIpc) is 2.32. The summed E-state index contributed by atoms with van der Waals surface area (Å²) in [7, 11) is 0. The summed E-state index contributed by atoms with van der Waals surface area (Å²) >= 11 is 0. The lowest BCUT2D eigenvalue weighted by Gasteiger charge is -2.05. The van der Waals surface area contributed by atoms with Crippen LogP contribution in [0.1, 0.15) is 19.3 Å². The molecule has 1 heterocycles. The van der Waals surface area contributed by atoms with Crippen LogP contribution >= 0.6 is 0 Å². The van der Waals surface area contributed by atoms with E-state index in [0.717, 1.165) is 19.3 Å². The predicted octanol–water partition coefficient (Wildman–Crippen LogP) is 0.0540. The second kappa shape index (κ2) is 7.39. The largest absolute Gasteiger partial charge is 0.396 e. The van der Waals surface area contributed by atoms with Gasteiger partial charge in [-0.05, 0) is 25.3 Å². The van der Waals surface area contributed by atoms with Gasteiger partial charge in [0.1, 0.15) is 0 Å². The topological polar surface area (TPSA) is 107 Å². The zero-order valence-electron chi connectivity index (χ0n) is 9.40. The Balaban J connectivity index is 2.21. The summed E-state index contributed by atoms with van der Waals surface area (Å²) in [5.41, 5.74) is -0.319. The molecule has 4 N–H and O–H groups in total. The van der Waals surface area contributed by atoms with Gasteiger partial charge in [0.15, 0.2) is 5.82 Å². The average molecular weight is 240 g/mol. The van der Waals surface area contributed by atoms with Gasteiger partial charge < -0.3 is 10.4 Å². The molecule has 7 nitrogen and oxygen atoms in total. The van der Waals surface area contributed by atoms with Crippen LogP contribution in [0.4, 0.5) is 10.6 Å². The van der Waals surface area contributed by atoms with Crippen LogP contribution in [-0.2, 0) is 0 Å². The van der Waals surface area contributed by atoms with E-state index in [9.17, 15) is 9.59 Å². The zero-order chi connectivity index (χ0) is 12.5. The maximum atomic E-state index is 11.3. The van der Waals surface area contributed by atoms with Gasteiger partial charge in [0.25, 0.3) is 5.56 Å². The van der Waals surface area contributed by atoms with Gasteiger partial charge in [0.05, 0.1) is 0 Å². The van der Waals surface area contributed by atoms with Crippen LogP contribution in [0, 0.1) is 0 Å². The summed E-state index contributed by atoms with van der Waals surface area (Å²) < 4.78 is 0. The Morgan fingerprint density at radius 2 is 2.18 bits per heavy atom. The Labute approximate surface area is 98.2 Å². The number of H-pyrrole nitrogens is 1. The van der Waals surface area contributed by atoms with E-state index >= 15 is 0 Å². The van der Waals surface area contributed by atoms with Crippen LogP contribution in [0.15, 0.2) is 16.9 Å². The molecule has 0 radical (unpaired) electrons. The minimum Gasteiger partial charge on any atom is -0.396 e. The molecule has 7 heteroatoms. The number of carbonyl (C=O) groups excluding carboxylic acids is 1. The first-order valence-corrected chi connectivity index (χ1v) is 5.44. The highest BCUT2D eigenvalue weighted by molar-refractivity contribution is 5.87. The van der Waals surface area contributed by atoms with Gasteiger partial charge in [-0.25, -0.2) is 9.89 Å². The molecule has 0 aliphatic carbocycles. The predicted molar refractivity (Wildman–Crippen MR) is 62.8 cm³/mol. The quantitative estimate of drug-likeness (QED) is 0.527. The number of aliphatic hydroxyl groups is 1. The van der Waals surface area contributed by atoms with Gasteiger partial charge in [0, 0.05) is 19.2 Å². The van der Waals surface area contributed by atoms with E-state index in [1.54, 1.807) is 0 Å². The van der Waals surface area contributed by atoms with E-state index in [-0.39, 0.29) is 24.0 Å². The first-order valence-electron chi connectivity index (χ1n) is 5.44. The number of urea groups is 1. The summed E-state index contributed by atoms with van der Waals surface area (Å²) in [5.74, 6) is 0.289. The van der Waals surface area contributed by atoms with Crippen molar-refractivity contribution in [2.24, 2.45) is 0 Å². The minimum atomic E-state index is -0.367. The van der Waals surface area contributed by atoms with Crippen LogP contribution in [0.25, 0.3) is 0 Å². The fourth-order valence-corrected chi connectivity index (χ4v) is 1.19. The van der Waals surface area contributed by atoms with Gasteiger partial charge in [-0.1, -0.05) is 0 Å². The number of hydrogen-bond acceptors (Lipinski definition) is 4. The van der Waals surface area contributed by atoms with Gasteiger partial charge in [-0.2, -0.15) is 5.10 Å².